The molecule has 1 aliphatic rings. The normalized spacial score (nSPS) is 16.2. The summed E-state index contributed by atoms with van der Waals surface area (Å²) in [5, 5.41) is 10.5. The molecule has 2 aromatic carbocycles. The lowest BCUT2D eigenvalue weighted by molar-refractivity contribution is -0.130. The lowest BCUT2D eigenvalue weighted by atomic mass is 9.94. The van der Waals surface area contributed by atoms with Crippen LogP contribution in [0.15, 0.2) is 53.8 Å². The maximum absolute atomic E-state index is 13.3. The highest BCUT2D eigenvalue weighted by molar-refractivity contribution is 6.08. The molecule has 0 aromatic heterocycles. The molecular weight excluding hydrogens is 389 g/mol. The number of aliphatic hydroxyl groups is 1. The summed E-state index contributed by atoms with van der Waals surface area (Å²) in [5.74, 6) is -0.908. The van der Waals surface area contributed by atoms with Gasteiger partial charge in [0.2, 0.25) is 0 Å². The summed E-state index contributed by atoms with van der Waals surface area (Å²) < 4.78 is 24.2. The first-order chi connectivity index (χ1) is 14.4. The molecule has 0 saturated heterocycles. The zero-order chi connectivity index (χ0) is 21.8. The number of nitrogens with zero attached hydrogens (tertiary/aromatic N) is 1. The van der Waals surface area contributed by atoms with Gasteiger partial charge < -0.3 is 19.5 Å². The van der Waals surface area contributed by atoms with Crippen molar-refractivity contribution in [3.05, 3.63) is 70.7 Å². The lowest BCUT2D eigenvalue weighted by Crippen LogP contribution is -2.30. The Morgan fingerprint density at radius 1 is 1.13 bits per heavy atom. The Morgan fingerprint density at radius 2 is 1.83 bits per heavy atom. The molecule has 0 spiro atoms. The molecule has 2 aromatic rings. The Kier molecular flexibility index (Phi) is 6.40. The summed E-state index contributed by atoms with van der Waals surface area (Å²) in [6.07, 6.45) is 0.141. The molecule has 0 aliphatic carbocycles. The van der Waals surface area contributed by atoms with Crippen LogP contribution in [0, 0.1) is 5.82 Å². The predicted molar refractivity (Wildman–Crippen MR) is 109 cm³/mol. The van der Waals surface area contributed by atoms with Crippen LogP contribution in [0.5, 0.6) is 11.5 Å². The minimum absolute atomic E-state index is 0.0530. The SMILES string of the molecule is CCOc1cc(C2C(C(=O)CC)=C(O)C(=O)N2Cc2ccc(F)cc2)ccc1OC. The Labute approximate surface area is 174 Å². The highest BCUT2D eigenvalue weighted by Crippen LogP contribution is 2.41. The average molecular weight is 413 g/mol. The standard InChI is InChI=1S/C23H24FNO5/c1-4-17(26)20-21(15-8-11-18(29-3)19(12-15)30-5-2)25(23(28)22(20)27)13-14-6-9-16(24)10-7-14/h6-12,21,27H,4-5,13H2,1-3H3. The van der Waals surface area contributed by atoms with E-state index in [9.17, 15) is 19.1 Å². The van der Waals surface area contributed by atoms with Gasteiger partial charge in [-0.3, -0.25) is 9.59 Å². The highest BCUT2D eigenvalue weighted by atomic mass is 19.1. The maximum Gasteiger partial charge on any atom is 0.290 e. The maximum atomic E-state index is 13.3. The van der Waals surface area contributed by atoms with Crippen LogP contribution in [0.4, 0.5) is 4.39 Å². The number of ether oxygens (including phenoxy) is 2. The second-order valence-electron chi connectivity index (χ2n) is 6.84. The first-order valence-corrected chi connectivity index (χ1v) is 9.73. The summed E-state index contributed by atoms with van der Waals surface area (Å²) in [5.41, 5.74) is 1.33. The van der Waals surface area contributed by atoms with Crippen LogP contribution in [0.1, 0.15) is 37.4 Å². The van der Waals surface area contributed by atoms with Crippen LogP contribution in [0.2, 0.25) is 0 Å². The van der Waals surface area contributed by atoms with Crippen molar-refractivity contribution in [2.24, 2.45) is 0 Å². The number of carbonyl (C=O) groups excluding carboxylic acids is 2. The number of benzene rings is 2. The van der Waals surface area contributed by atoms with Gasteiger partial charge in [0.25, 0.3) is 5.91 Å². The third-order valence-electron chi connectivity index (χ3n) is 4.99. The van der Waals surface area contributed by atoms with E-state index < -0.39 is 17.7 Å². The van der Waals surface area contributed by atoms with E-state index >= 15 is 0 Å². The molecular formula is C23H24FNO5. The van der Waals surface area contributed by atoms with E-state index in [0.29, 0.717) is 29.2 Å². The number of aliphatic hydroxyl groups excluding tert-OH is 1. The van der Waals surface area contributed by atoms with Crippen molar-refractivity contribution in [1.82, 2.24) is 4.90 Å². The van der Waals surface area contributed by atoms with E-state index in [0.717, 1.165) is 0 Å². The Morgan fingerprint density at radius 3 is 2.43 bits per heavy atom. The highest BCUT2D eigenvalue weighted by Gasteiger charge is 2.43. The number of carbonyl (C=O) groups is 2. The van der Waals surface area contributed by atoms with Gasteiger partial charge in [0.05, 0.1) is 25.3 Å². The number of hydrogen-bond acceptors (Lipinski definition) is 5. The summed E-state index contributed by atoms with van der Waals surface area (Å²) >= 11 is 0. The van der Waals surface area contributed by atoms with Crippen LogP contribution in [0.3, 0.4) is 0 Å². The smallest absolute Gasteiger partial charge is 0.290 e. The number of methoxy groups -OCH3 is 1. The van der Waals surface area contributed by atoms with Crippen LogP contribution >= 0.6 is 0 Å². The number of rotatable bonds is 8. The van der Waals surface area contributed by atoms with Crippen molar-refractivity contribution in [1.29, 1.82) is 0 Å². The third-order valence-corrected chi connectivity index (χ3v) is 4.99. The number of hydrogen-bond donors (Lipinski definition) is 1. The van der Waals surface area contributed by atoms with Gasteiger partial charge in [-0.15, -0.1) is 0 Å². The molecule has 1 atom stereocenters. The van der Waals surface area contributed by atoms with Gasteiger partial charge in [0, 0.05) is 13.0 Å². The van der Waals surface area contributed by atoms with E-state index in [2.05, 4.69) is 0 Å². The molecule has 0 bridgehead atoms. The largest absolute Gasteiger partial charge is 0.503 e. The van der Waals surface area contributed by atoms with Crippen molar-refractivity contribution < 1.29 is 28.6 Å². The summed E-state index contributed by atoms with van der Waals surface area (Å²) in [7, 11) is 1.52. The van der Waals surface area contributed by atoms with Gasteiger partial charge in [0.1, 0.15) is 5.82 Å². The molecule has 1 heterocycles. The fraction of sp³-hybridized carbons (Fsp3) is 0.304. The molecule has 0 fully saturated rings. The molecule has 30 heavy (non-hydrogen) atoms. The fourth-order valence-corrected chi connectivity index (χ4v) is 3.56. The Balaban J connectivity index is 2.08. The van der Waals surface area contributed by atoms with E-state index in [1.54, 1.807) is 37.3 Å². The molecule has 0 saturated carbocycles. The zero-order valence-electron chi connectivity index (χ0n) is 17.1. The monoisotopic (exact) mass is 413 g/mol. The molecule has 3 rings (SSSR count). The van der Waals surface area contributed by atoms with E-state index in [1.165, 1.54) is 24.1 Å². The van der Waals surface area contributed by atoms with Crippen molar-refractivity contribution in [2.45, 2.75) is 32.9 Å². The molecule has 1 N–H and O–H groups in total. The number of Topliss-reactive ketones (excluding diaryl/α,β-unsaturated/α-hetero) is 1. The quantitative estimate of drug-likeness (QED) is 0.705. The average Bonchev–Trinajstić information content (AvgIpc) is 3.00. The molecule has 7 heteroatoms. The fourth-order valence-electron chi connectivity index (χ4n) is 3.56. The third kappa shape index (κ3) is 4.01. The predicted octanol–water partition coefficient (Wildman–Crippen LogP) is 4.11. The van der Waals surface area contributed by atoms with Crippen molar-refractivity contribution in [2.75, 3.05) is 13.7 Å². The van der Waals surface area contributed by atoms with Crippen molar-refractivity contribution >= 4 is 11.7 Å². The molecule has 0 radical (unpaired) electrons. The zero-order valence-corrected chi connectivity index (χ0v) is 17.1. The molecule has 6 nitrogen and oxygen atoms in total. The van der Waals surface area contributed by atoms with Gasteiger partial charge in [-0.05, 0) is 42.3 Å². The molecule has 1 aliphatic heterocycles. The van der Waals surface area contributed by atoms with Crippen LogP contribution in [-0.4, -0.2) is 35.4 Å². The number of ketones is 1. The lowest BCUT2D eigenvalue weighted by Gasteiger charge is -2.27. The van der Waals surface area contributed by atoms with Gasteiger partial charge in [0.15, 0.2) is 23.0 Å². The van der Waals surface area contributed by atoms with E-state index in [1.807, 2.05) is 6.92 Å². The minimum atomic E-state index is -0.792. The molecule has 1 amide bonds. The topological polar surface area (TPSA) is 76.1 Å². The van der Waals surface area contributed by atoms with Crippen molar-refractivity contribution in [3.8, 4) is 11.5 Å². The van der Waals surface area contributed by atoms with Gasteiger partial charge in [-0.2, -0.15) is 0 Å². The Hall–Kier alpha value is -3.35. The number of halogens is 1. The van der Waals surface area contributed by atoms with Gasteiger partial charge in [-0.1, -0.05) is 25.1 Å². The van der Waals surface area contributed by atoms with Gasteiger partial charge in [-0.25, -0.2) is 4.39 Å². The first-order valence-electron chi connectivity index (χ1n) is 9.73. The van der Waals surface area contributed by atoms with Crippen LogP contribution in [0.25, 0.3) is 0 Å². The van der Waals surface area contributed by atoms with Crippen LogP contribution < -0.4 is 9.47 Å². The summed E-state index contributed by atoms with van der Waals surface area (Å²) in [4.78, 5) is 26.9. The van der Waals surface area contributed by atoms with E-state index in [4.69, 9.17) is 9.47 Å². The second-order valence-corrected chi connectivity index (χ2v) is 6.84. The first kappa shape index (κ1) is 21.4. The van der Waals surface area contributed by atoms with Gasteiger partial charge >= 0.3 is 0 Å². The van der Waals surface area contributed by atoms with Crippen LogP contribution in [-0.2, 0) is 16.1 Å². The number of amides is 1. The van der Waals surface area contributed by atoms with Crippen molar-refractivity contribution in [3.63, 3.8) is 0 Å². The Bertz CT molecular complexity index is 984. The van der Waals surface area contributed by atoms with E-state index in [-0.39, 0.29) is 30.1 Å². The second kappa shape index (κ2) is 8.98. The summed E-state index contributed by atoms with van der Waals surface area (Å²) in [6.45, 7) is 4.02. The molecule has 1 unspecified atom stereocenters. The summed E-state index contributed by atoms with van der Waals surface area (Å²) in [6, 6.07) is 10.1. The molecule has 158 valence electrons. The minimum Gasteiger partial charge on any atom is -0.503 e.